The molecule has 1 aliphatic rings. The third-order valence-electron chi connectivity index (χ3n) is 3.12. The van der Waals surface area contributed by atoms with Gasteiger partial charge in [-0.1, -0.05) is 0 Å². The van der Waals surface area contributed by atoms with Crippen LogP contribution in [-0.4, -0.2) is 26.0 Å². The highest BCUT2D eigenvalue weighted by Crippen LogP contribution is 2.26. The summed E-state index contributed by atoms with van der Waals surface area (Å²) in [4.78, 5) is 1.31. The van der Waals surface area contributed by atoms with E-state index in [-0.39, 0.29) is 0 Å². The number of nitrogens with one attached hydrogen (secondary N) is 1. The lowest BCUT2D eigenvalue weighted by Crippen LogP contribution is -2.23. The summed E-state index contributed by atoms with van der Waals surface area (Å²) in [6, 6.07) is 7.08. The molecule has 1 atom stereocenters. The van der Waals surface area contributed by atoms with E-state index in [1.165, 1.54) is 23.3 Å². The Morgan fingerprint density at radius 2 is 2.38 bits per heavy atom. The van der Waals surface area contributed by atoms with Crippen molar-refractivity contribution in [1.82, 2.24) is 5.32 Å². The van der Waals surface area contributed by atoms with Crippen LogP contribution in [0.3, 0.4) is 0 Å². The van der Waals surface area contributed by atoms with Crippen molar-refractivity contribution in [3.05, 3.63) is 23.8 Å². The molecule has 0 amide bonds. The molecule has 2 nitrogen and oxygen atoms in total. The summed E-state index contributed by atoms with van der Waals surface area (Å²) in [5, 5.41) is 3.53. The maximum atomic E-state index is 5.42. The molecule has 0 saturated carbocycles. The van der Waals surface area contributed by atoms with Gasteiger partial charge in [-0.25, -0.2) is 0 Å². The van der Waals surface area contributed by atoms with Crippen molar-refractivity contribution >= 4 is 11.8 Å². The van der Waals surface area contributed by atoms with Gasteiger partial charge in [0.1, 0.15) is 5.75 Å². The highest BCUT2D eigenvalue weighted by atomic mass is 32.2. The minimum Gasteiger partial charge on any atom is -0.496 e. The average molecular weight is 237 g/mol. The first-order chi connectivity index (χ1) is 7.83. The van der Waals surface area contributed by atoms with Crippen molar-refractivity contribution in [2.24, 2.45) is 0 Å². The molecule has 1 heterocycles. The third kappa shape index (κ3) is 2.71. The van der Waals surface area contributed by atoms with E-state index in [1.54, 1.807) is 18.9 Å². The van der Waals surface area contributed by atoms with E-state index in [2.05, 4.69) is 29.8 Å². The van der Waals surface area contributed by atoms with E-state index in [0.717, 1.165) is 18.7 Å². The minimum atomic E-state index is 0.631. The standard InChI is InChI=1S/C13H19NOS/c1-15-13-6-5-12(16-2)9-10(13)8-11-4-3-7-14-11/h5-6,9,11,14H,3-4,7-8H2,1-2H3. The second-order valence-electron chi connectivity index (χ2n) is 4.18. The monoisotopic (exact) mass is 237 g/mol. The van der Waals surface area contributed by atoms with Crippen LogP contribution in [0.15, 0.2) is 23.1 Å². The summed E-state index contributed by atoms with van der Waals surface area (Å²) < 4.78 is 5.42. The SMILES string of the molecule is COc1ccc(SC)cc1CC1CCCN1. The first-order valence-corrected chi connectivity index (χ1v) is 7.00. The maximum Gasteiger partial charge on any atom is 0.122 e. The molecule has 1 fully saturated rings. The molecule has 0 spiro atoms. The normalized spacial score (nSPS) is 20.0. The summed E-state index contributed by atoms with van der Waals surface area (Å²) in [6.07, 6.45) is 5.78. The fraction of sp³-hybridized carbons (Fsp3) is 0.538. The van der Waals surface area contributed by atoms with Crippen molar-refractivity contribution < 1.29 is 4.74 Å². The Bertz CT molecular complexity index is 348. The first-order valence-electron chi connectivity index (χ1n) is 5.78. The Hall–Kier alpha value is -0.670. The van der Waals surface area contributed by atoms with Gasteiger partial charge in [-0.2, -0.15) is 0 Å². The van der Waals surface area contributed by atoms with Gasteiger partial charge in [0.25, 0.3) is 0 Å². The molecule has 16 heavy (non-hydrogen) atoms. The fourth-order valence-electron chi connectivity index (χ4n) is 2.24. The van der Waals surface area contributed by atoms with E-state index >= 15 is 0 Å². The molecule has 1 aromatic carbocycles. The van der Waals surface area contributed by atoms with Gasteiger partial charge in [0.05, 0.1) is 7.11 Å². The van der Waals surface area contributed by atoms with E-state index in [4.69, 9.17) is 4.74 Å². The molecule has 0 radical (unpaired) electrons. The number of benzene rings is 1. The Kier molecular flexibility index (Phi) is 4.13. The van der Waals surface area contributed by atoms with Gasteiger partial charge in [-0.15, -0.1) is 11.8 Å². The van der Waals surface area contributed by atoms with Gasteiger partial charge in [-0.3, -0.25) is 0 Å². The Labute approximate surface area is 102 Å². The maximum absolute atomic E-state index is 5.42. The van der Waals surface area contributed by atoms with Gasteiger partial charge in [0.2, 0.25) is 0 Å². The zero-order valence-corrected chi connectivity index (χ0v) is 10.8. The van der Waals surface area contributed by atoms with Crippen LogP contribution in [0.2, 0.25) is 0 Å². The minimum absolute atomic E-state index is 0.631. The van der Waals surface area contributed by atoms with E-state index in [0.29, 0.717) is 6.04 Å². The lowest BCUT2D eigenvalue weighted by molar-refractivity contribution is 0.406. The molecular formula is C13H19NOS. The quantitative estimate of drug-likeness (QED) is 0.814. The van der Waals surface area contributed by atoms with E-state index in [1.807, 2.05) is 0 Å². The summed E-state index contributed by atoms with van der Waals surface area (Å²) in [7, 11) is 1.75. The first kappa shape index (κ1) is 11.8. The zero-order chi connectivity index (χ0) is 11.4. The van der Waals surface area contributed by atoms with E-state index < -0.39 is 0 Å². The second-order valence-corrected chi connectivity index (χ2v) is 5.05. The van der Waals surface area contributed by atoms with Crippen LogP contribution in [0.25, 0.3) is 0 Å². The predicted octanol–water partition coefficient (Wildman–Crippen LogP) is 2.71. The predicted molar refractivity (Wildman–Crippen MR) is 69.5 cm³/mol. The molecule has 0 aromatic heterocycles. The van der Waals surface area contributed by atoms with Gasteiger partial charge in [0.15, 0.2) is 0 Å². The van der Waals surface area contributed by atoms with Crippen LogP contribution in [0.1, 0.15) is 18.4 Å². The molecule has 3 heteroatoms. The topological polar surface area (TPSA) is 21.3 Å². The van der Waals surface area contributed by atoms with Crippen molar-refractivity contribution in [2.75, 3.05) is 19.9 Å². The molecule has 1 saturated heterocycles. The van der Waals surface area contributed by atoms with Crippen LogP contribution < -0.4 is 10.1 Å². The smallest absolute Gasteiger partial charge is 0.122 e. The van der Waals surface area contributed by atoms with Crippen LogP contribution in [0.5, 0.6) is 5.75 Å². The number of hydrogen-bond acceptors (Lipinski definition) is 3. The highest BCUT2D eigenvalue weighted by molar-refractivity contribution is 7.98. The molecule has 1 unspecified atom stereocenters. The van der Waals surface area contributed by atoms with Crippen molar-refractivity contribution in [3.63, 3.8) is 0 Å². The third-order valence-corrected chi connectivity index (χ3v) is 3.84. The number of thioether (sulfide) groups is 1. The van der Waals surface area contributed by atoms with Crippen LogP contribution in [0, 0.1) is 0 Å². The van der Waals surface area contributed by atoms with Crippen molar-refractivity contribution in [3.8, 4) is 5.75 Å². The molecule has 0 aliphatic carbocycles. The number of ether oxygens (including phenoxy) is 1. The van der Waals surface area contributed by atoms with Gasteiger partial charge in [0, 0.05) is 10.9 Å². The number of hydrogen-bond donors (Lipinski definition) is 1. The van der Waals surface area contributed by atoms with E-state index in [9.17, 15) is 0 Å². The van der Waals surface area contributed by atoms with Crippen LogP contribution >= 0.6 is 11.8 Å². The molecule has 1 aromatic rings. The zero-order valence-electron chi connectivity index (χ0n) is 9.95. The lowest BCUT2D eigenvalue weighted by Gasteiger charge is -2.14. The Balaban J connectivity index is 2.15. The Morgan fingerprint density at radius 3 is 3.00 bits per heavy atom. The fourth-order valence-corrected chi connectivity index (χ4v) is 2.70. The van der Waals surface area contributed by atoms with Gasteiger partial charge < -0.3 is 10.1 Å². The molecule has 2 rings (SSSR count). The van der Waals surface area contributed by atoms with Crippen LogP contribution in [0.4, 0.5) is 0 Å². The summed E-state index contributed by atoms with van der Waals surface area (Å²) in [6.45, 7) is 1.16. The molecule has 1 aliphatic heterocycles. The molecule has 0 bridgehead atoms. The molecule has 88 valence electrons. The second kappa shape index (κ2) is 5.60. The molecule has 1 N–H and O–H groups in total. The lowest BCUT2D eigenvalue weighted by atomic mass is 10.0. The number of methoxy groups -OCH3 is 1. The highest BCUT2D eigenvalue weighted by Gasteiger charge is 2.16. The largest absolute Gasteiger partial charge is 0.496 e. The number of rotatable bonds is 4. The molecular weight excluding hydrogens is 218 g/mol. The van der Waals surface area contributed by atoms with Gasteiger partial charge >= 0.3 is 0 Å². The van der Waals surface area contributed by atoms with Gasteiger partial charge in [-0.05, 0) is 55.8 Å². The summed E-state index contributed by atoms with van der Waals surface area (Å²) >= 11 is 1.78. The van der Waals surface area contributed by atoms with Crippen molar-refractivity contribution in [1.29, 1.82) is 0 Å². The summed E-state index contributed by atoms with van der Waals surface area (Å²) in [5.41, 5.74) is 1.33. The average Bonchev–Trinajstić information content (AvgIpc) is 2.82. The van der Waals surface area contributed by atoms with Crippen molar-refractivity contribution in [2.45, 2.75) is 30.2 Å². The Morgan fingerprint density at radius 1 is 1.50 bits per heavy atom. The summed E-state index contributed by atoms with van der Waals surface area (Å²) in [5.74, 6) is 1.02. The van der Waals surface area contributed by atoms with Crippen LogP contribution in [-0.2, 0) is 6.42 Å².